The van der Waals surface area contributed by atoms with Gasteiger partial charge in [-0.1, -0.05) is 67.7 Å². The van der Waals surface area contributed by atoms with Crippen LogP contribution >= 0.6 is 35.3 Å². The van der Waals surface area contributed by atoms with Gasteiger partial charge in [0.1, 0.15) is 16.9 Å². The van der Waals surface area contributed by atoms with Crippen molar-refractivity contribution in [3.05, 3.63) is 91.8 Å². The summed E-state index contributed by atoms with van der Waals surface area (Å²) in [4.78, 5) is 43.6. The third-order valence-electron chi connectivity index (χ3n) is 9.33. The number of nitrogens with two attached hydrogens (primary N) is 1. The Bertz CT molecular complexity index is 2060. The van der Waals surface area contributed by atoms with Crippen LogP contribution in [0.4, 0.5) is 5.69 Å². The number of hydrogen-bond acceptors (Lipinski definition) is 10. The number of aliphatic imine (C=N–C) groups is 1. The summed E-state index contributed by atoms with van der Waals surface area (Å²) >= 11 is 7.93. The van der Waals surface area contributed by atoms with E-state index in [1.807, 2.05) is 31.2 Å². The predicted octanol–water partition coefficient (Wildman–Crippen LogP) is 8.40. The Labute approximate surface area is 337 Å². The number of amides is 1. The van der Waals surface area contributed by atoms with Gasteiger partial charge in [-0.3, -0.25) is 19.1 Å². The van der Waals surface area contributed by atoms with Crippen LogP contribution in [0.15, 0.2) is 47.5 Å². The number of halogens is 2. The number of unbranched alkanes of at least 4 members (excludes halogenated alkanes) is 6. The van der Waals surface area contributed by atoms with Crippen molar-refractivity contribution in [2.75, 3.05) is 25.6 Å². The number of nitrogens with one attached hydrogen (secondary N) is 1. The molecule has 0 spiro atoms. The van der Waals surface area contributed by atoms with Crippen LogP contribution in [0.5, 0.6) is 0 Å². The monoisotopic (exact) mass is 806 g/mol. The number of carbonyl (C=O) groups is 3. The van der Waals surface area contributed by atoms with Gasteiger partial charge in [0.05, 0.1) is 31.5 Å². The van der Waals surface area contributed by atoms with Crippen LogP contribution in [0.3, 0.4) is 0 Å². The SMILES string of the molecule is COC(=O)c1ccc(NC(=O)CCCCCCCCCC(=O)OCC[C@@H]2N=C(c3ccc(Cl)cc3)c3c(sc(C)c3C)-n3c(C)nnc32)cc1C#CCN.Cl. The third-order valence-corrected chi connectivity index (χ3v) is 10.8. The fourth-order valence-corrected chi connectivity index (χ4v) is 7.71. The largest absolute Gasteiger partial charge is 0.466 e. The second-order valence-electron chi connectivity index (χ2n) is 13.2. The smallest absolute Gasteiger partial charge is 0.339 e. The molecule has 0 bridgehead atoms. The molecule has 0 saturated carbocycles. The molecule has 4 aromatic rings. The Morgan fingerprint density at radius 2 is 1.65 bits per heavy atom. The molecular weight excluding hydrogens is 759 g/mol. The summed E-state index contributed by atoms with van der Waals surface area (Å²) in [6.07, 6.45) is 7.73. The van der Waals surface area contributed by atoms with E-state index in [-0.39, 0.29) is 43.5 Å². The van der Waals surface area contributed by atoms with E-state index < -0.39 is 5.97 Å². The Kier molecular flexibility index (Phi) is 16.5. The number of nitrogens with zero attached hydrogens (tertiary/aromatic N) is 4. The molecule has 1 atom stereocenters. The van der Waals surface area contributed by atoms with Crippen LogP contribution in [-0.4, -0.2) is 58.6 Å². The number of carbonyl (C=O) groups excluding carboxylic acids is 3. The van der Waals surface area contributed by atoms with Crippen LogP contribution in [0.25, 0.3) is 5.00 Å². The van der Waals surface area contributed by atoms with Gasteiger partial charge >= 0.3 is 11.9 Å². The minimum Gasteiger partial charge on any atom is -0.466 e. The van der Waals surface area contributed by atoms with Crippen molar-refractivity contribution in [1.29, 1.82) is 0 Å². The van der Waals surface area contributed by atoms with Gasteiger partial charge in [0, 0.05) is 51.5 Å². The number of aromatic nitrogens is 3. The van der Waals surface area contributed by atoms with Gasteiger partial charge in [-0.15, -0.1) is 33.9 Å². The van der Waals surface area contributed by atoms with E-state index in [0.29, 0.717) is 41.1 Å². The quantitative estimate of drug-likeness (QED) is 0.0651. The highest BCUT2D eigenvalue weighted by Crippen LogP contribution is 2.39. The predicted molar refractivity (Wildman–Crippen MR) is 220 cm³/mol. The van der Waals surface area contributed by atoms with E-state index in [1.165, 1.54) is 17.6 Å². The molecule has 0 fully saturated rings. The molecule has 55 heavy (non-hydrogen) atoms. The first kappa shape index (κ1) is 43.2. The lowest BCUT2D eigenvalue weighted by atomic mass is 9.99. The molecule has 1 aliphatic rings. The third kappa shape index (κ3) is 11.3. The number of thiophene rings is 1. The fraction of sp³-hybridized carbons (Fsp3) is 0.415. The number of esters is 2. The molecule has 0 saturated heterocycles. The van der Waals surface area contributed by atoms with Gasteiger partial charge in [0.25, 0.3) is 0 Å². The molecule has 1 amide bonds. The van der Waals surface area contributed by atoms with Crippen LogP contribution in [-0.2, 0) is 19.1 Å². The van der Waals surface area contributed by atoms with Crippen molar-refractivity contribution in [1.82, 2.24) is 14.8 Å². The minimum atomic E-state index is -0.499. The number of ether oxygens (including phenoxy) is 2. The normalized spacial score (nSPS) is 12.9. The van der Waals surface area contributed by atoms with Crippen LogP contribution in [0, 0.1) is 32.6 Å². The summed E-state index contributed by atoms with van der Waals surface area (Å²) in [6.45, 7) is 6.56. The Balaban J connectivity index is 0.00000673. The highest BCUT2D eigenvalue weighted by Gasteiger charge is 2.31. The van der Waals surface area contributed by atoms with Gasteiger partial charge in [-0.25, -0.2) is 4.79 Å². The van der Waals surface area contributed by atoms with Crippen molar-refractivity contribution < 1.29 is 23.9 Å². The van der Waals surface area contributed by atoms with Crippen LogP contribution in [0.2, 0.25) is 5.02 Å². The Hall–Kier alpha value is -4.54. The maximum atomic E-state index is 12.7. The number of hydrogen-bond donors (Lipinski definition) is 2. The van der Waals surface area contributed by atoms with E-state index in [9.17, 15) is 14.4 Å². The second-order valence-corrected chi connectivity index (χ2v) is 14.8. The summed E-state index contributed by atoms with van der Waals surface area (Å²) in [5, 5.41) is 13.5. The zero-order chi connectivity index (χ0) is 38.6. The molecule has 0 radical (unpaired) electrons. The molecule has 292 valence electrons. The van der Waals surface area contributed by atoms with Gasteiger partial charge < -0.3 is 20.5 Å². The van der Waals surface area contributed by atoms with Crippen LogP contribution in [0.1, 0.15) is 119 Å². The number of rotatable bonds is 16. The number of fused-ring (bicyclic) bond motifs is 3. The van der Waals surface area contributed by atoms with Crippen molar-refractivity contribution in [2.45, 2.75) is 91.0 Å². The number of benzene rings is 2. The molecule has 3 heterocycles. The highest BCUT2D eigenvalue weighted by molar-refractivity contribution is 7.15. The average molecular weight is 808 g/mol. The van der Waals surface area contributed by atoms with Gasteiger partial charge in [-0.2, -0.15) is 0 Å². The molecule has 2 aromatic carbocycles. The number of methoxy groups -OCH3 is 1. The molecule has 5 rings (SSSR count). The van der Waals surface area contributed by atoms with Crippen molar-refractivity contribution >= 4 is 64.6 Å². The maximum absolute atomic E-state index is 12.7. The summed E-state index contributed by atoms with van der Waals surface area (Å²) in [5.41, 5.74) is 10.9. The highest BCUT2D eigenvalue weighted by atomic mass is 35.5. The molecule has 2 aromatic heterocycles. The van der Waals surface area contributed by atoms with Crippen molar-refractivity contribution in [2.24, 2.45) is 10.7 Å². The van der Waals surface area contributed by atoms with Gasteiger partial charge in [0.15, 0.2) is 5.82 Å². The molecular formula is C41H48Cl2N6O5S. The lowest BCUT2D eigenvalue weighted by Gasteiger charge is -2.13. The van der Waals surface area contributed by atoms with E-state index >= 15 is 0 Å². The summed E-state index contributed by atoms with van der Waals surface area (Å²) in [6, 6.07) is 12.3. The molecule has 14 heteroatoms. The lowest BCUT2D eigenvalue weighted by Crippen LogP contribution is -2.12. The summed E-state index contributed by atoms with van der Waals surface area (Å²) in [7, 11) is 1.31. The average Bonchev–Trinajstić information content (AvgIpc) is 3.64. The van der Waals surface area contributed by atoms with Gasteiger partial charge in [-0.05, 0) is 69.5 Å². The van der Waals surface area contributed by atoms with Crippen molar-refractivity contribution in [3.8, 4) is 16.8 Å². The maximum Gasteiger partial charge on any atom is 0.339 e. The lowest BCUT2D eigenvalue weighted by molar-refractivity contribution is -0.144. The zero-order valence-electron chi connectivity index (χ0n) is 31.7. The van der Waals surface area contributed by atoms with Crippen LogP contribution < -0.4 is 11.1 Å². The first-order valence-corrected chi connectivity index (χ1v) is 19.5. The molecule has 3 N–H and O–H groups in total. The molecule has 0 unspecified atom stereocenters. The van der Waals surface area contributed by atoms with E-state index in [2.05, 4.69) is 45.8 Å². The van der Waals surface area contributed by atoms with E-state index in [1.54, 1.807) is 29.5 Å². The molecule has 0 aliphatic carbocycles. The van der Waals surface area contributed by atoms with Crippen molar-refractivity contribution in [3.63, 3.8) is 0 Å². The number of aryl methyl sites for hydroxylation is 2. The Morgan fingerprint density at radius 1 is 0.964 bits per heavy atom. The first-order chi connectivity index (χ1) is 26.1. The van der Waals surface area contributed by atoms with E-state index in [4.69, 9.17) is 31.8 Å². The zero-order valence-corrected chi connectivity index (χ0v) is 34.1. The number of anilines is 1. The Morgan fingerprint density at radius 3 is 2.35 bits per heavy atom. The summed E-state index contributed by atoms with van der Waals surface area (Å²) in [5.74, 6) is 6.33. The minimum absolute atomic E-state index is 0. The standard InChI is InChI=1S/C41H47ClN6O5S.ClH/c1-26-27(2)54-40-37(26)38(29-16-18-31(42)19-17-29)45-34(39-47-46-28(3)48(39)40)22-24-53-36(50)15-11-9-7-5-6-8-10-14-35(49)44-32-20-21-33(41(51)52-4)30(25-32)13-12-23-43;/h16-21,25,34H,5-11,14-15,22-24,43H2,1-4H3,(H,44,49);1H/t34-;/m0./s1. The second kappa shape index (κ2) is 20.9. The summed E-state index contributed by atoms with van der Waals surface area (Å²) < 4.78 is 12.6. The molecule has 1 aliphatic heterocycles. The topological polar surface area (TPSA) is 151 Å². The van der Waals surface area contributed by atoms with E-state index in [0.717, 1.165) is 78.4 Å². The molecule has 11 nitrogen and oxygen atoms in total. The van der Waals surface area contributed by atoms with Gasteiger partial charge in [0.2, 0.25) is 5.91 Å². The first-order valence-electron chi connectivity index (χ1n) is 18.3. The fourth-order valence-electron chi connectivity index (χ4n) is 6.37.